The van der Waals surface area contributed by atoms with Crippen LogP contribution in [0.5, 0.6) is 0 Å². The van der Waals surface area contributed by atoms with Crippen molar-refractivity contribution < 1.29 is 0 Å². The highest BCUT2D eigenvalue weighted by Gasteiger charge is 2.28. The second-order valence-electron chi connectivity index (χ2n) is 4.76. The number of rotatable bonds is 3. The van der Waals surface area contributed by atoms with Gasteiger partial charge in [-0.25, -0.2) is 9.50 Å². The summed E-state index contributed by atoms with van der Waals surface area (Å²) >= 11 is 0. The maximum atomic E-state index is 5.74. The van der Waals surface area contributed by atoms with Gasteiger partial charge < -0.3 is 5.73 Å². The largest absolute Gasteiger partial charge is 0.326 e. The fourth-order valence-corrected chi connectivity index (χ4v) is 2.78. The van der Waals surface area contributed by atoms with E-state index in [2.05, 4.69) is 16.9 Å². The Morgan fingerprint density at radius 1 is 1.50 bits per heavy atom. The molecule has 0 saturated carbocycles. The Bertz CT molecular complexity index is 547. The van der Waals surface area contributed by atoms with Crippen molar-refractivity contribution in [3.05, 3.63) is 29.7 Å². The van der Waals surface area contributed by atoms with Crippen LogP contribution in [0.1, 0.15) is 37.2 Å². The Morgan fingerprint density at radius 3 is 3.17 bits per heavy atom. The van der Waals surface area contributed by atoms with Crippen LogP contribution in [-0.4, -0.2) is 32.6 Å². The van der Waals surface area contributed by atoms with Gasteiger partial charge in [-0.2, -0.15) is 0 Å². The van der Waals surface area contributed by atoms with Gasteiger partial charge in [-0.05, 0) is 32.0 Å². The number of pyridine rings is 1. The van der Waals surface area contributed by atoms with Gasteiger partial charge in [-0.15, -0.1) is 5.10 Å². The number of nitrogens with two attached hydrogens (primary N) is 1. The molecular weight excluding hydrogens is 226 g/mol. The van der Waals surface area contributed by atoms with Crippen LogP contribution >= 0.6 is 0 Å². The van der Waals surface area contributed by atoms with E-state index in [4.69, 9.17) is 10.7 Å². The average molecular weight is 245 g/mol. The molecule has 2 N–H and O–H groups in total. The standard InChI is InChI=1S/C13H19N5/c1-2-17-7-4-6-11(17)12-15-13-10(9-14)5-3-8-18(13)16-12/h3,5,8,11H,2,4,6-7,9,14H2,1H3. The quantitative estimate of drug-likeness (QED) is 0.886. The third-order valence-electron chi connectivity index (χ3n) is 3.75. The Hall–Kier alpha value is -1.46. The molecule has 0 amide bonds. The zero-order valence-corrected chi connectivity index (χ0v) is 10.7. The molecule has 1 unspecified atom stereocenters. The van der Waals surface area contributed by atoms with Crippen molar-refractivity contribution >= 4 is 5.65 Å². The van der Waals surface area contributed by atoms with Crippen LogP contribution in [0.3, 0.4) is 0 Å². The van der Waals surface area contributed by atoms with E-state index in [1.807, 2.05) is 22.8 Å². The minimum Gasteiger partial charge on any atom is -0.326 e. The molecule has 0 aromatic carbocycles. The number of aromatic nitrogens is 3. The molecule has 0 aliphatic carbocycles. The van der Waals surface area contributed by atoms with Crippen molar-refractivity contribution in [3.8, 4) is 0 Å². The SMILES string of the molecule is CCN1CCCC1c1nc2c(CN)cccn2n1. The molecule has 1 aliphatic rings. The van der Waals surface area contributed by atoms with E-state index < -0.39 is 0 Å². The summed E-state index contributed by atoms with van der Waals surface area (Å²) in [4.78, 5) is 7.14. The van der Waals surface area contributed by atoms with Gasteiger partial charge >= 0.3 is 0 Å². The normalized spacial score (nSPS) is 20.9. The second-order valence-corrected chi connectivity index (χ2v) is 4.76. The maximum Gasteiger partial charge on any atom is 0.168 e. The number of hydrogen-bond donors (Lipinski definition) is 1. The number of hydrogen-bond acceptors (Lipinski definition) is 4. The predicted molar refractivity (Wildman–Crippen MR) is 70.1 cm³/mol. The molecule has 3 heterocycles. The fourth-order valence-electron chi connectivity index (χ4n) is 2.78. The van der Waals surface area contributed by atoms with Crippen molar-refractivity contribution in [2.75, 3.05) is 13.1 Å². The second kappa shape index (κ2) is 4.66. The third kappa shape index (κ3) is 1.79. The van der Waals surface area contributed by atoms with Gasteiger partial charge in [0.2, 0.25) is 0 Å². The highest BCUT2D eigenvalue weighted by atomic mass is 15.3. The molecule has 1 fully saturated rings. The highest BCUT2D eigenvalue weighted by molar-refractivity contribution is 5.47. The van der Waals surface area contributed by atoms with Gasteiger partial charge in [-0.3, -0.25) is 4.90 Å². The van der Waals surface area contributed by atoms with Gasteiger partial charge in [0.1, 0.15) is 0 Å². The fraction of sp³-hybridized carbons (Fsp3) is 0.538. The van der Waals surface area contributed by atoms with Crippen LogP contribution in [0.4, 0.5) is 0 Å². The summed E-state index contributed by atoms with van der Waals surface area (Å²) in [5.74, 6) is 0.940. The smallest absolute Gasteiger partial charge is 0.168 e. The summed E-state index contributed by atoms with van der Waals surface area (Å²) in [5.41, 5.74) is 7.69. The molecule has 18 heavy (non-hydrogen) atoms. The van der Waals surface area contributed by atoms with Crippen LogP contribution in [0.15, 0.2) is 18.3 Å². The van der Waals surface area contributed by atoms with Crippen LogP contribution in [0, 0.1) is 0 Å². The van der Waals surface area contributed by atoms with Crippen molar-refractivity contribution in [3.63, 3.8) is 0 Å². The molecule has 1 aliphatic heterocycles. The first-order valence-corrected chi connectivity index (χ1v) is 6.61. The summed E-state index contributed by atoms with van der Waals surface area (Å²) in [6.45, 7) is 4.91. The molecule has 2 aromatic heterocycles. The van der Waals surface area contributed by atoms with Gasteiger partial charge in [0, 0.05) is 18.3 Å². The molecule has 5 heteroatoms. The Labute approximate surface area is 107 Å². The molecule has 96 valence electrons. The first-order valence-electron chi connectivity index (χ1n) is 6.61. The summed E-state index contributed by atoms with van der Waals surface area (Å²) in [7, 11) is 0. The first-order chi connectivity index (χ1) is 8.83. The molecule has 3 rings (SSSR count). The zero-order valence-electron chi connectivity index (χ0n) is 10.7. The van der Waals surface area contributed by atoms with E-state index in [0.29, 0.717) is 12.6 Å². The van der Waals surface area contributed by atoms with Gasteiger partial charge in [0.25, 0.3) is 0 Å². The highest BCUT2D eigenvalue weighted by Crippen LogP contribution is 2.29. The zero-order chi connectivity index (χ0) is 12.5. The molecular formula is C13H19N5. The van der Waals surface area contributed by atoms with Gasteiger partial charge in [-0.1, -0.05) is 13.0 Å². The maximum absolute atomic E-state index is 5.74. The van der Waals surface area contributed by atoms with Crippen LogP contribution in [0.25, 0.3) is 5.65 Å². The van der Waals surface area contributed by atoms with E-state index in [1.54, 1.807) is 0 Å². The summed E-state index contributed by atoms with van der Waals surface area (Å²) in [5, 5.41) is 4.61. The molecule has 2 aromatic rings. The lowest BCUT2D eigenvalue weighted by molar-refractivity contribution is 0.262. The van der Waals surface area contributed by atoms with E-state index >= 15 is 0 Å². The summed E-state index contributed by atoms with van der Waals surface area (Å²) < 4.78 is 1.85. The van der Waals surface area contributed by atoms with Crippen molar-refractivity contribution in [1.29, 1.82) is 0 Å². The number of nitrogens with zero attached hydrogens (tertiary/aromatic N) is 4. The lowest BCUT2D eigenvalue weighted by Crippen LogP contribution is -2.23. The predicted octanol–water partition coefficient (Wildman–Crippen LogP) is 1.34. The van der Waals surface area contributed by atoms with Crippen molar-refractivity contribution in [1.82, 2.24) is 19.5 Å². The number of likely N-dealkylation sites (tertiary alicyclic amines) is 1. The molecule has 0 bridgehead atoms. The van der Waals surface area contributed by atoms with Crippen LogP contribution in [0.2, 0.25) is 0 Å². The Balaban J connectivity index is 2.03. The van der Waals surface area contributed by atoms with Crippen LogP contribution in [-0.2, 0) is 6.54 Å². The monoisotopic (exact) mass is 245 g/mol. The average Bonchev–Trinajstić information content (AvgIpc) is 3.03. The number of fused-ring (bicyclic) bond motifs is 1. The minimum atomic E-state index is 0.375. The third-order valence-corrected chi connectivity index (χ3v) is 3.75. The van der Waals surface area contributed by atoms with Gasteiger partial charge in [0.05, 0.1) is 6.04 Å². The summed E-state index contributed by atoms with van der Waals surface area (Å²) in [6, 6.07) is 4.36. The molecule has 0 radical (unpaired) electrons. The molecule has 1 atom stereocenters. The van der Waals surface area contributed by atoms with Crippen LogP contribution < -0.4 is 5.73 Å². The Morgan fingerprint density at radius 2 is 2.39 bits per heavy atom. The topological polar surface area (TPSA) is 59.5 Å². The van der Waals surface area contributed by atoms with Gasteiger partial charge in [0.15, 0.2) is 11.5 Å². The lowest BCUT2D eigenvalue weighted by atomic mass is 10.2. The van der Waals surface area contributed by atoms with E-state index in [1.165, 1.54) is 6.42 Å². The van der Waals surface area contributed by atoms with E-state index in [9.17, 15) is 0 Å². The van der Waals surface area contributed by atoms with Crippen molar-refractivity contribution in [2.24, 2.45) is 5.73 Å². The summed E-state index contributed by atoms with van der Waals surface area (Å²) in [6.07, 6.45) is 4.33. The lowest BCUT2D eigenvalue weighted by Gasteiger charge is -2.19. The van der Waals surface area contributed by atoms with E-state index in [-0.39, 0.29) is 0 Å². The minimum absolute atomic E-state index is 0.375. The molecule has 1 saturated heterocycles. The Kier molecular flexibility index (Phi) is 3.01. The van der Waals surface area contributed by atoms with E-state index in [0.717, 1.165) is 36.5 Å². The van der Waals surface area contributed by atoms with Crippen molar-refractivity contribution in [2.45, 2.75) is 32.4 Å². The molecule has 5 nitrogen and oxygen atoms in total. The first kappa shape index (κ1) is 11.6. The molecule has 0 spiro atoms.